The molecule has 2 amide bonds. The lowest BCUT2D eigenvalue weighted by Gasteiger charge is -2.58. The van der Waals surface area contributed by atoms with E-state index >= 15 is 0 Å². The van der Waals surface area contributed by atoms with Gasteiger partial charge in [0.25, 0.3) is 5.91 Å². The minimum atomic E-state index is -0.497. The van der Waals surface area contributed by atoms with Gasteiger partial charge in [0.15, 0.2) is 0 Å². The number of anilines is 1. The van der Waals surface area contributed by atoms with E-state index in [4.69, 9.17) is 4.98 Å². The Balaban J connectivity index is 1.19. The fourth-order valence-corrected chi connectivity index (χ4v) is 7.66. The zero-order valence-electron chi connectivity index (χ0n) is 19.2. The van der Waals surface area contributed by atoms with E-state index in [1.54, 1.807) is 6.20 Å². The van der Waals surface area contributed by atoms with E-state index in [-0.39, 0.29) is 23.8 Å². The Morgan fingerprint density at radius 1 is 1.18 bits per heavy atom. The Kier molecular flexibility index (Phi) is 5.31. The molecule has 8 heteroatoms. The second-order valence-electron chi connectivity index (χ2n) is 11.4. The van der Waals surface area contributed by atoms with Crippen molar-refractivity contribution < 1.29 is 14.7 Å². The van der Waals surface area contributed by atoms with Crippen LogP contribution in [0.3, 0.4) is 0 Å². The molecule has 6 fully saturated rings. The minimum absolute atomic E-state index is 0.0569. The highest BCUT2D eigenvalue weighted by Gasteiger charge is 2.55. The molecule has 3 unspecified atom stereocenters. The molecule has 7 rings (SSSR count). The monoisotopic (exact) mass is 453 g/mol. The normalized spacial score (nSPS) is 37.4. The smallest absolute Gasteiger partial charge is 0.254 e. The number of carbonyl (C=O) groups excluding carboxylic acids is 2. The van der Waals surface area contributed by atoms with E-state index in [0.717, 1.165) is 50.6 Å². The zero-order chi connectivity index (χ0) is 22.6. The number of nitrogens with zero attached hydrogens (tertiary/aromatic N) is 2. The summed E-state index contributed by atoms with van der Waals surface area (Å²) in [4.78, 5) is 34.2. The van der Waals surface area contributed by atoms with Crippen molar-refractivity contribution in [3.8, 4) is 0 Å². The molecule has 33 heavy (non-hydrogen) atoms. The van der Waals surface area contributed by atoms with Gasteiger partial charge < -0.3 is 21.1 Å². The van der Waals surface area contributed by atoms with Crippen molar-refractivity contribution in [1.82, 2.24) is 20.6 Å². The van der Waals surface area contributed by atoms with Gasteiger partial charge in [0.05, 0.1) is 16.9 Å². The molecule has 5 saturated carbocycles. The van der Waals surface area contributed by atoms with Crippen LogP contribution >= 0.6 is 0 Å². The van der Waals surface area contributed by atoms with Crippen LogP contribution in [-0.2, 0) is 4.79 Å². The molecule has 8 nitrogen and oxygen atoms in total. The van der Waals surface area contributed by atoms with E-state index in [0.29, 0.717) is 54.7 Å². The number of rotatable bonds is 6. The molecule has 4 bridgehead atoms. The molecule has 1 saturated heterocycles. The molecular weight excluding hydrogens is 418 g/mol. The van der Waals surface area contributed by atoms with Gasteiger partial charge in [0.2, 0.25) is 11.9 Å². The number of amides is 2. The number of aliphatic hydroxyl groups is 1. The van der Waals surface area contributed by atoms with Crippen molar-refractivity contribution in [2.45, 2.75) is 81.8 Å². The van der Waals surface area contributed by atoms with Crippen LogP contribution in [0.25, 0.3) is 0 Å². The summed E-state index contributed by atoms with van der Waals surface area (Å²) in [5, 5.41) is 20.4. The van der Waals surface area contributed by atoms with Crippen LogP contribution < -0.4 is 16.0 Å². The Morgan fingerprint density at radius 2 is 1.94 bits per heavy atom. The molecule has 0 aromatic carbocycles. The molecule has 2 heterocycles. The Bertz CT molecular complexity index is 930. The molecule has 1 aliphatic heterocycles. The van der Waals surface area contributed by atoms with E-state index in [1.165, 1.54) is 12.8 Å². The van der Waals surface area contributed by atoms with Crippen LogP contribution in [0.2, 0.25) is 0 Å². The predicted octanol–water partition coefficient (Wildman–Crippen LogP) is 2.35. The van der Waals surface area contributed by atoms with Gasteiger partial charge in [0.1, 0.15) is 0 Å². The summed E-state index contributed by atoms with van der Waals surface area (Å²) in [7, 11) is 0. The van der Waals surface area contributed by atoms with Gasteiger partial charge in [-0.1, -0.05) is 12.8 Å². The third-order valence-electron chi connectivity index (χ3n) is 8.95. The van der Waals surface area contributed by atoms with Crippen LogP contribution in [0.1, 0.15) is 86.2 Å². The van der Waals surface area contributed by atoms with Crippen LogP contribution in [0.15, 0.2) is 6.20 Å². The van der Waals surface area contributed by atoms with Crippen molar-refractivity contribution in [2.24, 2.45) is 23.7 Å². The van der Waals surface area contributed by atoms with Gasteiger partial charge in [-0.3, -0.25) is 9.59 Å². The van der Waals surface area contributed by atoms with Crippen molar-refractivity contribution >= 4 is 17.8 Å². The van der Waals surface area contributed by atoms with E-state index in [1.807, 2.05) is 0 Å². The average Bonchev–Trinajstić information content (AvgIpc) is 3.45. The number of carbonyl (C=O) groups is 2. The summed E-state index contributed by atoms with van der Waals surface area (Å²) in [6.45, 7) is 1.32. The highest BCUT2D eigenvalue weighted by atomic mass is 16.3. The number of nitrogens with one attached hydrogen (secondary N) is 3. The maximum absolute atomic E-state index is 13.5. The SMILES string of the molecule is O=C1C[C@H](CNc2ncc(C(=O)NC3[C@@H]4CC5C[C@H]3CC(O)(C5)C4)c(C3CCCC3)n2)CN1. The molecule has 5 aliphatic carbocycles. The fourth-order valence-electron chi connectivity index (χ4n) is 7.66. The predicted molar refractivity (Wildman–Crippen MR) is 123 cm³/mol. The maximum atomic E-state index is 13.5. The van der Waals surface area contributed by atoms with Gasteiger partial charge in [0, 0.05) is 43.6 Å². The highest BCUT2D eigenvalue weighted by Crippen LogP contribution is 2.55. The zero-order valence-corrected chi connectivity index (χ0v) is 19.2. The summed E-state index contributed by atoms with van der Waals surface area (Å²) >= 11 is 0. The van der Waals surface area contributed by atoms with Gasteiger partial charge in [-0.25, -0.2) is 9.97 Å². The number of aromatic nitrogens is 2. The quantitative estimate of drug-likeness (QED) is 0.525. The van der Waals surface area contributed by atoms with E-state index in [9.17, 15) is 14.7 Å². The molecule has 6 atom stereocenters. The first-order valence-corrected chi connectivity index (χ1v) is 12.9. The summed E-state index contributed by atoms with van der Waals surface area (Å²) in [6, 6.07) is 0.149. The van der Waals surface area contributed by atoms with Crippen LogP contribution in [0.5, 0.6) is 0 Å². The Labute approximate surface area is 194 Å². The third kappa shape index (κ3) is 4.11. The fraction of sp³-hybridized carbons (Fsp3) is 0.760. The molecule has 0 spiro atoms. The van der Waals surface area contributed by atoms with E-state index in [2.05, 4.69) is 20.9 Å². The lowest BCUT2D eigenvalue weighted by atomic mass is 9.52. The van der Waals surface area contributed by atoms with Crippen molar-refractivity contribution in [2.75, 3.05) is 18.4 Å². The standard InChI is InChI=1S/C25H35N5O3/c31-20-7-15(11-26-20)12-27-24-28-13-19(22(30-24)16-3-1-2-4-16)23(32)29-21-17-5-14-6-18(21)10-25(33,8-14)9-17/h13-18,21,33H,1-12H2,(H,26,31)(H,29,32)(H,27,28,30)/t14?,15-,17-,18+,21?,25?/m0/s1. The Hall–Kier alpha value is -2.22. The van der Waals surface area contributed by atoms with Crippen molar-refractivity contribution in [3.05, 3.63) is 17.5 Å². The maximum Gasteiger partial charge on any atom is 0.254 e. The summed E-state index contributed by atoms with van der Waals surface area (Å²) < 4.78 is 0. The van der Waals surface area contributed by atoms with E-state index < -0.39 is 5.60 Å². The molecule has 1 aromatic heterocycles. The average molecular weight is 454 g/mol. The molecule has 1 aromatic rings. The van der Waals surface area contributed by atoms with Crippen molar-refractivity contribution in [1.29, 1.82) is 0 Å². The number of hydrogen-bond acceptors (Lipinski definition) is 6. The third-order valence-corrected chi connectivity index (χ3v) is 8.95. The molecular formula is C25H35N5O3. The lowest BCUT2D eigenvalue weighted by Crippen LogP contribution is -2.61. The topological polar surface area (TPSA) is 116 Å². The first kappa shape index (κ1) is 21.3. The van der Waals surface area contributed by atoms with Gasteiger partial charge in [-0.05, 0) is 62.7 Å². The molecule has 6 aliphatic rings. The number of hydrogen-bond donors (Lipinski definition) is 4. The van der Waals surface area contributed by atoms with Gasteiger partial charge >= 0.3 is 0 Å². The molecule has 178 valence electrons. The largest absolute Gasteiger partial charge is 0.390 e. The van der Waals surface area contributed by atoms with Crippen LogP contribution in [-0.4, -0.2) is 51.6 Å². The summed E-state index contributed by atoms with van der Waals surface area (Å²) in [5.74, 6) is 2.50. The minimum Gasteiger partial charge on any atom is -0.390 e. The van der Waals surface area contributed by atoms with Gasteiger partial charge in [-0.2, -0.15) is 0 Å². The lowest BCUT2D eigenvalue weighted by molar-refractivity contribution is -0.136. The van der Waals surface area contributed by atoms with Crippen molar-refractivity contribution in [3.63, 3.8) is 0 Å². The molecule has 0 radical (unpaired) electrons. The molecule has 4 N–H and O–H groups in total. The Morgan fingerprint density at radius 3 is 2.61 bits per heavy atom. The first-order chi connectivity index (χ1) is 16.0. The van der Waals surface area contributed by atoms with Crippen LogP contribution in [0, 0.1) is 23.7 Å². The summed E-state index contributed by atoms with van der Waals surface area (Å²) in [6.07, 6.45) is 11.5. The van der Waals surface area contributed by atoms with Crippen LogP contribution in [0.4, 0.5) is 5.95 Å². The highest BCUT2D eigenvalue weighted by molar-refractivity contribution is 5.95. The first-order valence-electron chi connectivity index (χ1n) is 12.9. The second kappa shape index (κ2) is 8.22. The second-order valence-corrected chi connectivity index (χ2v) is 11.4. The summed E-state index contributed by atoms with van der Waals surface area (Å²) in [5.41, 5.74) is 0.978. The van der Waals surface area contributed by atoms with Gasteiger partial charge in [-0.15, -0.1) is 0 Å².